The van der Waals surface area contributed by atoms with E-state index in [4.69, 9.17) is 0 Å². The molecule has 0 fully saturated rings. The Balaban J connectivity index is 1.97. The van der Waals surface area contributed by atoms with Crippen molar-refractivity contribution in [2.75, 3.05) is 0 Å². The molecule has 0 unspecified atom stereocenters. The zero-order valence-corrected chi connectivity index (χ0v) is 17.3. The molecule has 3 aromatic rings. The molecule has 7 heteroatoms. The van der Waals surface area contributed by atoms with E-state index >= 15 is 0 Å². The molecule has 0 amide bonds. The molecule has 0 aliphatic rings. The van der Waals surface area contributed by atoms with E-state index in [1.165, 1.54) is 0 Å². The molecule has 0 bridgehead atoms. The lowest BCUT2D eigenvalue weighted by molar-refractivity contribution is 0.472. The van der Waals surface area contributed by atoms with E-state index in [2.05, 4.69) is 18.6 Å². The van der Waals surface area contributed by atoms with E-state index in [1.54, 1.807) is 22.8 Å². The van der Waals surface area contributed by atoms with E-state index in [-0.39, 0.29) is 15.8 Å². The summed E-state index contributed by atoms with van der Waals surface area (Å²) in [6, 6.07) is 14.2. The number of thiazole rings is 1. The predicted octanol–water partition coefficient (Wildman–Crippen LogP) is 4.15. The largest absolute Gasteiger partial charge is 0.308 e. The second-order valence-electron chi connectivity index (χ2n) is 6.96. The van der Waals surface area contributed by atoms with Gasteiger partial charge in [0, 0.05) is 12.6 Å². The molecule has 0 saturated heterocycles. The molecule has 0 aliphatic heterocycles. The summed E-state index contributed by atoms with van der Waals surface area (Å²) in [5, 5.41) is 0. The van der Waals surface area contributed by atoms with Gasteiger partial charge in [-0.3, -0.25) is 9.36 Å². The Morgan fingerprint density at radius 2 is 1.81 bits per heavy atom. The molecule has 27 heavy (non-hydrogen) atoms. The van der Waals surface area contributed by atoms with E-state index in [0.717, 1.165) is 22.4 Å². The number of nitrogens with one attached hydrogen (secondary N) is 1. The number of fused-ring (bicyclic) bond motifs is 1. The standard InChI is InChI=1S/C20H24N2O3S2/c1-4-22-18-11-10-16(13-19(18)26-20(22)23)27(24,25)21-17(12-14(2)3)15-8-6-5-7-9-15/h5-11,13-14,17,21H,4,12H2,1-3H3/t17-/m1/s1. The molecular weight excluding hydrogens is 380 g/mol. The maximum Gasteiger partial charge on any atom is 0.308 e. The molecule has 5 nitrogen and oxygen atoms in total. The van der Waals surface area contributed by atoms with E-state index in [0.29, 0.717) is 23.6 Å². The third-order valence-corrected chi connectivity index (χ3v) is 6.88. The van der Waals surface area contributed by atoms with Crippen LogP contribution in [0.3, 0.4) is 0 Å². The highest BCUT2D eigenvalue weighted by Gasteiger charge is 2.23. The molecule has 0 radical (unpaired) electrons. The maximum atomic E-state index is 13.0. The van der Waals surface area contributed by atoms with Gasteiger partial charge in [-0.25, -0.2) is 13.1 Å². The molecule has 1 aromatic heterocycles. The van der Waals surface area contributed by atoms with Crippen LogP contribution >= 0.6 is 11.3 Å². The lowest BCUT2D eigenvalue weighted by Gasteiger charge is -2.21. The number of sulfonamides is 1. The van der Waals surface area contributed by atoms with Gasteiger partial charge in [-0.2, -0.15) is 0 Å². The van der Waals surface area contributed by atoms with Gasteiger partial charge >= 0.3 is 4.87 Å². The topological polar surface area (TPSA) is 68.2 Å². The third kappa shape index (κ3) is 4.31. The van der Waals surface area contributed by atoms with Crippen molar-refractivity contribution in [2.45, 2.75) is 44.7 Å². The van der Waals surface area contributed by atoms with Crippen molar-refractivity contribution in [1.29, 1.82) is 0 Å². The van der Waals surface area contributed by atoms with Gasteiger partial charge in [0.1, 0.15) is 0 Å². The van der Waals surface area contributed by atoms with Gasteiger partial charge in [-0.15, -0.1) is 0 Å². The third-order valence-electron chi connectivity index (χ3n) is 4.47. The number of rotatable bonds is 7. The molecule has 1 N–H and O–H groups in total. The summed E-state index contributed by atoms with van der Waals surface area (Å²) in [6.07, 6.45) is 0.699. The summed E-state index contributed by atoms with van der Waals surface area (Å²) in [5.41, 5.74) is 1.71. The maximum absolute atomic E-state index is 13.0. The minimum atomic E-state index is -3.71. The molecule has 1 atom stereocenters. The fraction of sp³-hybridized carbons (Fsp3) is 0.350. The monoisotopic (exact) mass is 404 g/mol. The Bertz CT molecular complexity index is 1080. The summed E-state index contributed by atoms with van der Waals surface area (Å²) in [6.45, 7) is 6.60. The Morgan fingerprint density at radius 1 is 1.11 bits per heavy atom. The predicted molar refractivity (Wildman–Crippen MR) is 111 cm³/mol. The van der Waals surface area contributed by atoms with Gasteiger partial charge in [-0.05, 0) is 43.0 Å². The van der Waals surface area contributed by atoms with Gasteiger partial charge in [-0.1, -0.05) is 55.5 Å². The number of aryl methyl sites for hydroxylation is 1. The Kier molecular flexibility index (Phi) is 5.83. The summed E-state index contributed by atoms with van der Waals surface area (Å²) in [7, 11) is -3.71. The van der Waals surface area contributed by atoms with Crippen molar-refractivity contribution in [1.82, 2.24) is 9.29 Å². The number of nitrogens with zero attached hydrogens (tertiary/aromatic N) is 1. The average molecular weight is 405 g/mol. The quantitative estimate of drug-likeness (QED) is 0.643. The van der Waals surface area contributed by atoms with Crippen molar-refractivity contribution >= 4 is 31.6 Å². The number of hydrogen-bond donors (Lipinski definition) is 1. The van der Waals surface area contributed by atoms with Crippen molar-refractivity contribution in [3.05, 3.63) is 63.8 Å². The Labute approximate surface area is 163 Å². The SMILES string of the molecule is CCn1c(=O)sc2cc(S(=O)(=O)N[C@H](CC(C)C)c3ccccc3)ccc21. The summed E-state index contributed by atoms with van der Waals surface area (Å²) >= 11 is 1.07. The average Bonchev–Trinajstić information content (AvgIpc) is 2.95. The zero-order chi connectivity index (χ0) is 19.6. The molecule has 0 spiro atoms. The van der Waals surface area contributed by atoms with Crippen LogP contribution in [0.5, 0.6) is 0 Å². The molecule has 144 valence electrons. The highest BCUT2D eigenvalue weighted by molar-refractivity contribution is 7.89. The van der Waals surface area contributed by atoms with Crippen LogP contribution in [0, 0.1) is 5.92 Å². The normalized spacial score (nSPS) is 13.3. The Morgan fingerprint density at radius 3 is 2.44 bits per heavy atom. The molecular formula is C20H24N2O3S2. The zero-order valence-electron chi connectivity index (χ0n) is 15.7. The number of hydrogen-bond acceptors (Lipinski definition) is 4. The lowest BCUT2D eigenvalue weighted by atomic mass is 9.98. The summed E-state index contributed by atoms with van der Waals surface area (Å²) < 4.78 is 31.2. The summed E-state index contributed by atoms with van der Waals surface area (Å²) in [5.74, 6) is 0.337. The molecule has 0 saturated carbocycles. The number of benzene rings is 2. The van der Waals surface area contributed by atoms with E-state index in [1.807, 2.05) is 37.3 Å². The highest BCUT2D eigenvalue weighted by atomic mass is 32.2. The molecule has 3 rings (SSSR count). The summed E-state index contributed by atoms with van der Waals surface area (Å²) in [4.78, 5) is 12.1. The minimum Gasteiger partial charge on any atom is -0.299 e. The van der Waals surface area contributed by atoms with Gasteiger partial charge in [0.25, 0.3) is 0 Å². The van der Waals surface area contributed by atoms with Gasteiger partial charge in [0.05, 0.1) is 15.1 Å². The first-order valence-electron chi connectivity index (χ1n) is 9.02. The fourth-order valence-corrected chi connectivity index (χ4v) is 5.51. The van der Waals surface area contributed by atoms with Crippen molar-refractivity contribution in [3.8, 4) is 0 Å². The number of aromatic nitrogens is 1. The first-order chi connectivity index (χ1) is 12.8. The van der Waals surface area contributed by atoms with Gasteiger partial charge in [0.15, 0.2) is 0 Å². The molecule has 2 aromatic carbocycles. The lowest BCUT2D eigenvalue weighted by Crippen LogP contribution is -2.29. The Hall–Kier alpha value is -1.96. The van der Waals surface area contributed by atoms with Crippen LogP contribution in [0.4, 0.5) is 0 Å². The second-order valence-corrected chi connectivity index (χ2v) is 9.66. The van der Waals surface area contributed by atoms with Crippen LogP contribution in [-0.4, -0.2) is 13.0 Å². The first-order valence-corrected chi connectivity index (χ1v) is 11.3. The van der Waals surface area contributed by atoms with Crippen LogP contribution in [0.25, 0.3) is 10.2 Å². The van der Waals surface area contributed by atoms with Crippen LogP contribution in [-0.2, 0) is 16.6 Å². The second kappa shape index (κ2) is 7.96. The van der Waals surface area contributed by atoms with Crippen molar-refractivity contribution in [3.63, 3.8) is 0 Å². The van der Waals surface area contributed by atoms with Crippen LogP contribution in [0.1, 0.15) is 38.8 Å². The van der Waals surface area contributed by atoms with Gasteiger partial charge in [0.2, 0.25) is 10.0 Å². The van der Waals surface area contributed by atoms with Crippen molar-refractivity contribution < 1.29 is 8.42 Å². The van der Waals surface area contributed by atoms with Crippen LogP contribution in [0.15, 0.2) is 58.2 Å². The fourth-order valence-electron chi connectivity index (χ4n) is 3.18. The molecule has 1 heterocycles. The van der Waals surface area contributed by atoms with Crippen LogP contribution in [0.2, 0.25) is 0 Å². The molecule has 0 aliphatic carbocycles. The van der Waals surface area contributed by atoms with E-state index < -0.39 is 10.0 Å². The highest BCUT2D eigenvalue weighted by Crippen LogP contribution is 2.26. The van der Waals surface area contributed by atoms with Crippen LogP contribution < -0.4 is 9.60 Å². The van der Waals surface area contributed by atoms with Crippen molar-refractivity contribution in [2.24, 2.45) is 5.92 Å². The first kappa shape index (κ1) is 19.8. The van der Waals surface area contributed by atoms with E-state index in [9.17, 15) is 13.2 Å². The smallest absolute Gasteiger partial charge is 0.299 e. The van der Waals surface area contributed by atoms with Gasteiger partial charge < -0.3 is 0 Å². The minimum absolute atomic E-state index is 0.0722.